The van der Waals surface area contributed by atoms with Crippen LogP contribution in [0.3, 0.4) is 0 Å². The third-order valence-electron chi connectivity index (χ3n) is 3.41. The molecule has 1 aromatic carbocycles. The van der Waals surface area contributed by atoms with Crippen LogP contribution < -0.4 is 0 Å². The number of nitrogens with zero attached hydrogens (tertiary/aromatic N) is 1. The third-order valence-corrected chi connectivity index (χ3v) is 3.41. The zero-order valence-corrected chi connectivity index (χ0v) is 10.4. The van der Waals surface area contributed by atoms with Gasteiger partial charge in [-0.25, -0.2) is 4.79 Å². The van der Waals surface area contributed by atoms with Gasteiger partial charge in [-0.3, -0.25) is 0 Å². The fourth-order valence-electron chi connectivity index (χ4n) is 2.40. The van der Waals surface area contributed by atoms with E-state index in [-0.39, 0.29) is 0 Å². The molecule has 0 spiro atoms. The van der Waals surface area contributed by atoms with Crippen LogP contribution in [0.4, 0.5) is 0 Å². The molecule has 1 fully saturated rings. The molecule has 2 rings (SSSR count). The maximum atomic E-state index is 10.8. The zero-order chi connectivity index (χ0) is 13.0. The summed E-state index contributed by atoms with van der Waals surface area (Å²) in [6.07, 6.45) is 4.02. The summed E-state index contributed by atoms with van der Waals surface area (Å²) in [4.78, 5) is 15.6. The second kappa shape index (κ2) is 5.67. The number of hydrogen-bond donors (Lipinski definition) is 1. The Bertz CT molecular complexity index is 441. The Labute approximate surface area is 106 Å². The summed E-state index contributed by atoms with van der Waals surface area (Å²) < 4.78 is 0. The van der Waals surface area contributed by atoms with E-state index in [2.05, 4.69) is 5.16 Å². The SMILES string of the molecule is CON=C1CCC(c2ccc(C(=O)O)cc2)CC1. The molecule has 0 unspecified atom stereocenters. The minimum absolute atomic E-state index is 0.344. The molecular formula is C14H17NO3. The number of hydrogen-bond acceptors (Lipinski definition) is 3. The van der Waals surface area contributed by atoms with Gasteiger partial charge in [0.1, 0.15) is 7.11 Å². The number of carbonyl (C=O) groups is 1. The number of carboxylic acid groups (broad SMARTS) is 1. The third kappa shape index (κ3) is 2.88. The topological polar surface area (TPSA) is 58.9 Å². The van der Waals surface area contributed by atoms with Crippen molar-refractivity contribution in [1.29, 1.82) is 0 Å². The lowest BCUT2D eigenvalue weighted by atomic mass is 9.83. The lowest BCUT2D eigenvalue weighted by molar-refractivity contribution is 0.0697. The van der Waals surface area contributed by atoms with E-state index in [9.17, 15) is 4.79 Å². The molecule has 96 valence electrons. The van der Waals surface area contributed by atoms with Crippen molar-refractivity contribution in [3.8, 4) is 0 Å². The van der Waals surface area contributed by atoms with Gasteiger partial charge >= 0.3 is 5.97 Å². The molecule has 0 heterocycles. The molecule has 0 aliphatic heterocycles. The Balaban J connectivity index is 2.01. The van der Waals surface area contributed by atoms with Gasteiger partial charge in [-0.15, -0.1) is 0 Å². The lowest BCUT2D eigenvalue weighted by Crippen LogP contribution is -2.13. The summed E-state index contributed by atoms with van der Waals surface area (Å²) in [6, 6.07) is 7.20. The molecule has 0 amide bonds. The van der Waals surface area contributed by atoms with Gasteiger partial charge in [-0.1, -0.05) is 17.3 Å². The average molecular weight is 247 g/mol. The largest absolute Gasteiger partial charge is 0.478 e. The number of benzene rings is 1. The Morgan fingerprint density at radius 1 is 1.28 bits per heavy atom. The highest BCUT2D eigenvalue weighted by molar-refractivity contribution is 5.87. The van der Waals surface area contributed by atoms with E-state index < -0.39 is 5.97 Å². The minimum Gasteiger partial charge on any atom is -0.478 e. The predicted molar refractivity (Wildman–Crippen MR) is 69.1 cm³/mol. The van der Waals surface area contributed by atoms with E-state index in [1.54, 1.807) is 19.2 Å². The highest BCUT2D eigenvalue weighted by atomic mass is 16.6. The lowest BCUT2D eigenvalue weighted by Gasteiger charge is -2.23. The Morgan fingerprint density at radius 2 is 1.89 bits per heavy atom. The van der Waals surface area contributed by atoms with Crippen LogP contribution in [0.15, 0.2) is 29.4 Å². The van der Waals surface area contributed by atoms with Crippen molar-refractivity contribution in [2.24, 2.45) is 5.16 Å². The van der Waals surface area contributed by atoms with E-state index in [1.165, 1.54) is 5.56 Å². The summed E-state index contributed by atoms with van der Waals surface area (Å²) >= 11 is 0. The van der Waals surface area contributed by atoms with Crippen LogP contribution in [0.5, 0.6) is 0 Å². The van der Waals surface area contributed by atoms with E-state index in [0.29, 0.717) is 11.5 Å². The monoisotopic (exact) mass is 247 g/mol. The average Bonchev–Trinajstić information content (AvgIpc) is 2.40. The van der Waals surface area contributed by atoms with Crippen molar-refractivity contribution in [2.75, 3.05) is 7.11 Å². The van der Waals surface area contributed by atoms with E-state index in [4.69, 9.17) is 9.94 Å². The van der Waals surface area contributed by atoms with Gasteiger partial charge in [0.25, 0.3) is 0 Å². The molecule has 1 aliphatic rings. The molecule has 1 saturated carbocycles. The molecule has 1 aromatic rings. The molecule has 0 atom stereocenters. The predicted octanol–water partition coefficient (Wildman–Crippen LogP) is 3.04. The van der Waals surface area contributed by atoms with Crippen LogP contribution in [0.2, 0.25) is 0 Å². The van der Waals surface area contributed by atoms with E-state index >= 15 is 0 Å². The molecule has 1 N–H and O–H groups in total. The van der Waals surface area contributed by atoms with Gasteiger partial charge in [0.15, 0.2) is 0 Å². The van der Waals surface area contributed by atoms with Gasteiger partial charge in [-0.2, -0.15) is 0 Å². The quantitative estimate of drug-likeness (QED) is 0.835. The van der Waals surface area contributed by atoms with Crippen LogP contribution >= 0.6 is 0 Å². The number of carboxylic acids is 1. The number of rotatable bonds is 3. The second-order valence-electron chi connectivity index (χ2n) is 4.54. The summed E-state index contributed by atoms with van der Waals surface area (Å²) in [5, 5.41) is 12.8. The first kappa shape index (κ1) is 12.6. The number of oxime groups is 1. The van der Waals surface area contributed by atoms with Gasteiger partial charge in [0, 0.05) is 0 Å². The molecule has 18 heavy (non-hydrogen) atoms. The summed E-state index contributed by atoms with van der Waals surface area (Å²) in [7, 11) is 1.57. The van der Waals surface area contributed by atoms with Gasteiger partial charge in [0.2, 0.25) is 0 Å². The molecular weight excluding hydrogens is 230 g/mol. The summed E-state index contributed by atoms with van der Waals surface area (Å²) in [6.45, 7) is 0. The smallest absolute Gasteiger partial charge is 0.335 e. The molecule has 1 aliphatic carbocycles. The Kier molecular flexibility index (Phi) is 3.97. The van der Waals surface area contributed by atoms with Crippen LogP contribution in [0.25, 0.3) is 0 Å². The van der Waals surface area contributed by atoms with E-state index in [0.717, 1.165) is 31.4 Å². The van der Waals surface area contributed by atoms with Gasteiger partial charge in [-0.05, 0) is 49.3 Å². The zero-order valence-electron chi connectivity index (χ0n) is 10.4. The van der Waals surface area contributed by atoms with Crippen LogP contribution in [-0.4, -0.2) is 23.9 Å². The second-order valence-corrected chi connectivity index (χ2v) is 4.54. The first-order valence-electron chi connectivity index (χ1n) is 6.13. The molecule has 0 bridgehead atoms. The van der Waals surface area contributed by atoms with Crippen molar-refractivity contribution in [3.05, 3.63) is 35.4 Å². The summed E-state index contributed by atoms with van der Waals surface area (Å²) in [5.74, 6) is -0.372. The van der Waals surface area contributed by atoms with Crippen molar-refractivity contribution < 1.29 is 14.7 Å². The van der Waals surface area contributed by atoms with Crippen LogP contribution in [-0.2, 0) is 4.84 Å². The number of aromatic carboxylic acids is 1. The fraction of sp³-hybridized carbons (Fsp3) is 0.429. The molecule has 4 nitrogen and oxygen atoms in total. The van der Waals surface area contributed by atoms with Crippen molar-refractivity contribution in [2.45, 2.75) is 31.6 Å². The fourth-order valence-corrected chi connectivity index (χ4v) is 2.40. The minimum atomic E-state index is -0.875. The van der Waals surface area contributed by atoms with Crippen molar-refractivity contribution in [1.82, 2.24) is 0 Å². The maximum Gasteiger partial charge on any atom is 0.335 e. The Hall–Kier alpha value is -1.84. The maximum absolute atomic E-state index is 10.8. The van der Waals surface area contributed by atoms with Crippen LogP contribution in [0, 0.1) is 0 Å². The first-order chi connectivity index (χ1) is 8.70. The highest BCUT2D eigenvalue weighted by Gasteiger charge is 2.19. The summed E-state index contributed by atoms with van der Waals surface area (Å²) in [5.41, 5.74) is 2.68. The molecule has 4 heteroatoms. The molecule has 0 saturated heterocycles. The van der Waals surface area contributed by atoms with E-state index in [1.807, 2.05) is 12.1 Å². The van der Waals surface area contributed by atoms with Gasteiger partial charge < -0.3 is 9.94 Å². The standard InChI is InChI=1S/C14H17NO3/c1-18-15-13-8-6-11(7-9-13)10-2-4-12(5-3-10)14(16)17/h2-5,11H,6-9H2,1H3,(H,16,17). The van der Waals surface area contributed by atoms with Crippen molar-refractivity contribution >= 4 is 11.7 Å². The van der Waals surface area contributed by atoms with Gasteiger partial charge in [0.05, 0.1) is 11.3 Å². The first-order valence-corrected chi connectivity index (χ1v) is 6.13. The normalized spacial score (nSPS) is 19.4. The van der Waals surface area contributed by atoms with Crippen LogP contribution in [0.1, 0.15) is 47.5 Å². The highest BCUT2D eigenvalue weighted by Crippen LogP contribution is 2.31. The Morgan fingerprint density at radius 3 is 2.39 bits per heavy atom. The molecule has 0 aromatic heterocycles. The van der Waals surface area contributed by atoms with Crippen molar-refractivity contribution in [3.63, 3.8) is 0 Å². The molecule has 0 radical (unpaired) electrons.